The van der Waals surface area contributed by atoms with Gasteiger partial charge in [-0.25, -0.2) is 0 Å². The van der Waals surface area contributed by atoms with E-state index < -0.39 is 0 Å². The molecule has 1 saturated heterocycles. The van der Waals surface area contributed by atoms with Crippen LogP contribution in [0.5, 0.6) is 0 Å². The van der Waals surface area contributed by atoms with Gasteiger partial charge in [-0.3, -0.25) is 4.99 Å². The molecule has 0 aromatic rings. The fourth-order valence-corrected chi connectivity index (χ4v) is 2.85. The Hall–Kier alpha value is -0.0400. The minimum absolute atomic E-state index is 0. The number of rotatable bonds is 4. The molecule has 2 unspecified atom stereocenters. The van der Waals surface area contributed by atoms with Gasteiger partial charge in [-0.1, -0.05) is 20.8 Å². The zero-order valence-corrected chi connectivity index (χ0v) is 16.0. The number of guanidine groups is 1. The van der Waals surface area contributed by atoms with E-state index in [0.29, 0.717) is 11.9 Å². The molecule has 0 bridgehead atoms. The maximum atomic E-state index is 6.05. The minimum Gasteiger partial charge on any atom is -0.377 e. The van der Waals surface area contributed by atoms with Gasteiger partial charge in [0.05, 0.1) is 6.10 Å². The van der Waals surface area contributed by atoms with Crippen LogP contribution in [0.1, 0.15) is 47.5 Å². The summed E-state index contributed by atoms with van der Waals surface area (Å²) in [6, 6.07) is 0. The van der Waals surface area contributed by atoms with Crippen molar-refractivity contribution in [2.75, 3.05) is 26.2 Å². The van der Waals surface area contributed by atoms with Crippen molar-refractivity contribution in [2.24, 2.45) is 22.1 Å². The molecule has 120 valence electrons. The van der Waals surface area contributed by atoms with Crippen molar-refractivity contribution in [3.8, 4) is 0 Å². The van der Waals surface area contributed by atoms with Gasteiger partial charge < -0.3 is 15.4 Å². The third-order valence-electron chi connectivity index (χ3n) is 3.87. The summed E-state index contributed by atoms with van der Waals surface area (Å²) in [6.45, 7) is 14.4. The summed E-state index contributed by atoms with van der Waals surface area (Å²) in [4.78, 5) is 6.69. The molecule has 0 aromatic heterocycles. The molecule has 0 aliphatic carbocycles. The molecule has 1 heterocycles. The Morgan fingerprint density at radius 3 is 2.40 bits per heavy atom. The van der Waals surface area contributed by atoms with Gasteiger partial charge in [0.25, 0.3) is 0 Å². The van der Waals surface area contributed by atoms with Crippen LogP contribution in [0.15, 0.2) is 4.99 Å². The summed E-state index contributed by atoms with van der Waals surface area (Å²) in [6.07, 6.45) is 2.61. The van der Waals surface area contributed by atoms with Crippen molar-refractivity contribution in [2.45, 2.75) is 53.6 Å². The molecule has 1 fully saturated rings. The number of halogens is 1. The van der Waals surface area contributed by atoms with E-state index in [1.54, 1.807) is 0 Å². The molecular formula is C15H32IN3O. The second kappa shape index (κ2) is 9.07. The third-order valence-corrected chi connectivity index (χ3v) is 3.87. The van der Waals surface area contributed by atoms with E-state index in [-0.39, 0.29) is 35.5 Å². The van der Waals surface area contributed by atoms with Gasteiger partial charge in [0, 0.05) is 32.2 Å². The molecule has 1 rings (SSSR count). The first kappa shape index (κ1) is 20.0. The van der Waals surface area contributed by atoms with Crippen molar-refractivity contribution >= 4 is 29.9 Å². The Kier molecular flexibility index (Phi) is 9.06. The van der Waals surface area contributed by atoms with Gasteiger partial charge in [0.2, 0.25) is 0 Å². The maximum Gasteiger partial charge on any atom is 0.191 e. The van der Waals surface area contributed by atoms with Crippen LogP contribution in [0.25, 0.3) is 0 Å². The van der Waals surface area contributed by atoms with Crippen LogP contribution >= 0.6 is 24.0 Å². The van der Waals surface area contributed by atoms with Crippen LogP contribution in [-0.2, 0) is 4.74 Å². The van der Waals surface area contributed by atoms with Gasteiger partial charge in [-0.15, -0.1) is 24.0 Å². The predicted molar refractivity (Wildman–Crippen MR) is 96.7 cm³/mol. The van der Waals surface area contributed by atoms with Crippen LogP contribution in [0.3, 0.4) is 0 Å². The van der Waals surface area contributed by atoms with Crippen molar-refractivity contribution in [1.82, 2.24) is 4.90 Å². The van der Waals surface area contributed by atoms with E-state index in [1.807, 2.05) is 0 Å². The Labute approximate surface area is 141 Å². The Bertz CT molecular complexity index is 298. The maximum absolute atomic E-state index is 6.05. The van der Waals surface area contributed by atoms with E-state index in [9.17, 15) is 0 Å². The second-order valence-electron chi connectivity index (χ2n) is 6.43. The van der Waals surface area contributed by atoms with E-state index in [2.05, 4.69) is 44.5 Å². The van der Waals surface area contributed by atoms with E-state index in [1.165, 1.54) is 6.42 Å². The van der Waals surface area contributed by atoms with Gasteiger partial charge >= 0.3 is 0 Å². The number of aliphatic imine (C=N–C) groups is 1. The molecule has 0 aromatic carbocycles. The van der Waals surface area contributed by atoms with Gasteiger partial charge in [-0.2, -0.15) is 0 Å². The highest BCUT2D eigenvalue weighted by Crippen LogP contribution is 2.34. The van der Waals surface area contributed by atoms with Crippen molar-refractivity contribution in [1.29, 1.82) is 0 Å². The predicted octanol–water partition coefficient (Wildman–Crippen LogP) is 3.10. The average Bonchev–Trinajstić information content (AvgIpc) is 2.37. The molecule has 4 nitrogen and oxygen atoms in total. The van der Waals surface area contributed by atoms with Gasteiger partial charge in [0.15, 0.2) is 5.96 Å². The highest BCUT2D eigenvalue weighted by molar-refractivity contribution is 14.0. The Morgan fingerprint density at radius 1 is 1.30 bits per heavy atom. The molecule has 5 heteroatoms. The van der Waals surface area contributed by atoms with Gasteiger partial charge in [-0.05, 0) is 32.1 Å². The second-order valence-corrected chi connectivity index (χ2v) is 6.43. The lowest BCUT2D eigenvalue weighted by atomic mass is 9.78. The van der Waals surface area contributed by atoms with Crippen molar-refractivity contribution in [3.05, 3.63) is 0 Å². The molecule has 0 amide bonds. The molecule has 1 aliphatic heterocycles. The largest absolute Gasteiger partial charge is 0.377 e. The number of nitrogens with two attached hydrogens (primary N) is 1. The van der Waals surface area contributed by atoms with Crippen LogP contribution in [0, 0.1) is 11.3 Å². The SMILES string of the molecule is CCN(CC)C(N)=NCC1CCCOC1C(C)(C)C.I. The zero-order chi connectivity index (χ0) is 14.5. The molecule has 2 atom stereocenters. The lowest BCUT2D eigenvalue weighted by Crippen LogP contribution is -2.42. The summed E-state index contributed by atoms with van der Waals surface area (Å²) < 4.78 is 5.98. The topological polar surface area (TPSA) is 50.8 Å². The highest BCUT2D eigenvalue weighted by atomic mass is 127. The molecular weight excluding hydrogens is 365 g/mol. The Balaban J connectivity index is 0.00000361. The lowest BCUT2D eigenvalue weighted by molar-refractivity contribution is -0.0823. The van der Waals surface area contributed by atoms with Crippen LogP contribution in [0.4, 0.5) is 0 Å². The van der Waals surface area contributed by atoms with E-state index in [4.69, 9.17) is 10.5 Å². The fourth-order valence-electron chi connectivity index (χ4n) is 2.85. The summed E-state index contributed by atoms with van der Waals surface area (Å²) in [5, 5.41) is 0. The normalized spacial score (nSPS) is 24.1. The van der Waals surface area contributed by atoms with Crippen LogP contribution in [-0.4, -0.2) is 43.2 Å². The Morgan fingerprint density at radius 2 is 1.90 bits per heavy atom. The number of ether oxygens (including phenoxy) is 1. The summed E-state index contributed by atoms with van der Waals surface area (Å²) in [5.41, 5.74) is 6.22. The number of nitrogens with zero attached hydrogens (tertiary/aromatic N) is 2. The molecule has 2 N–H and O–H groups in total. The first-order valence-electron chi connectivity index (χ1n) is 7.56. The van der Waals surface area contributed by atoms with Crippen LogP contribution < -0.4 is 5.73 Å². The first-order valence-corrected chi connectivity index (χ1v) is 7.56. The number of hydrogen-bond donors (Lipinski definition) is 1. The van der Waals surface area contributed by atoms with Crippen molar-refractivity contribution < 1.29 is 4.74 Å². The molecule has 0 radical (unpaired) electrons. The fraction of sp³-hybridized carbons (Fsp3) is 0.933. The average molecular weight is 397 g/mol. The van der Waals surface area contributed by atoms with Crippen LogP contribution in [0.2, 0.25) is 0 Å². The molecule has 1 aliphatic rings. The summed E-state index contributed by atoms with van der Waals surface area (Å²) in [7, 11) is 0. The number of hydrogen-bond acceptors (Lipinski definition) is 2. The lowest BCUT2D eigenvalue weighted by Gasteiger charge is -2.39. The summed E-state index contributed by atoms with van der Waals surface area (Å²) in [5.74, 6) is 1.16. The quantitative estimate of drug-likeness (QED) is 0.451. The first-order chi connectivity index (χ1) is 8.90. The van der Waals surface area contributed by atoms with E-state index in [0.717, 1.165) is 32.7 Å². The monoisotopic (exact) mass is 397 g/mol. The minimum atomic E-state index is 0. The van der Waals surface area contributed by atoms with Crippen molar-refractivity contribution in [3.63, 3.8) is 0 Å². The zero-order valence-electron chi connectivity index (χ0n) is 13.7. The smallest absolute Gasteiger partial charge is 0.191 e. The third kappa shape index (κ3) is 5.76. The standard InChI is InChI=1S/C15H31N3O.HI/c1-6-18(7-2)14(16)17-11-12-9-8-10-19-13(12)15(3,4)5;/h12-13H,6-11H2,1-5H3,(H2,16,17);1H. The van der Waals surface area contributed by atoms with E-state index >= 15 is 0 Å². The van der Waals surface area contributed by atoms with Gasteiger partial charge in [0.1, 0.15) is 0 Å². The molecule has 20 heavy (non-hydrogen) atoms. The molecule has 0 spiro atoms. The molecule has 0 saturated carbocycles. The summed E-state index contributed by atoms with van der Waals surface area (Å²) >= 11 is 0. The highest BCUT2D eigenvalue weighted by Gasteiger charge is 2.35.